The molecule has 0 saturated heterocycles. The fourth-order valence-corrected chi connectivity index (χ4v) is 1.98. The van der Waals surface area contributed by atoms with E-state index in [1.807, 2.05) is 12.3 Å². The van der Waals surface area contributed by atoms with Crippen molar-refractivity contribution in [3.05, 3.63) is 48.4 Å². The van der Waals surface area contributed by atoms with Gasteiger partial charge in [-0.15, -0.1) is 6.58 Å². The molecule has 1 aromatic heterocycles. The topological polar surface area (TPSA) is 19.0 Å². The van der Waals surface area contributed by atoms with E-state index in [0.29, 0.717) is 0 Å². The first-order chi connectivity index (χ1) is 8.20. The highest BCUT2D eigenvalue weighted by Crippen LogP contribution is 2.19. The maximum atomic E-state index is 13.2. The van der Waals surface area contributed by atoms with Crippen molar-refractivity contribution in [1.29, 1.82) is 0 Å². The summed E-state index contributed by atoms with van der Waals surface area (Å²) in [5, 5.41) is 0.983. The fourth-order valence-electron chi connectivity index (χ4n) is 1.98. The molecule has 2 aromatic rings. The van der Waals surface area contributed by atoms with Gasteiger partial charge in [0.1, 0.15) is 5.82 Å². The first-order valence-corrected chi connectivity index (χ1v) is 5.75. The lowest BCUT2D eigenvalue weighted by Crippen LogP contribution is -2.20. The Hall–Kier alpha value is -1.61. The Labute approximate surface area is 101 Å². The Bertz CT molecular complexity index is 516. The molecule has 2 rings (SSSR count). The molecule has 0 spiro atoms. The van der Waals surface area contributed by atoms with Gasteiger partial charge in [-0.05, 0) is 37.2 Å². The van der Waals surface area contributed by atoms with Crippen LogP contribution in [-0.2, 0) is 6.42 Å². The van der Waals surface area contributed by atoms with Gasteiger partial charge in [-0.25, -0.2) is 4.39 Å². The summed E-state index contributed by atoms with van der Waals surface area (Å²) in [6, 6.07) is 4.85. The summed E-state index contributed by atoms with van der Waals surface area (Å²) in [4.78, 5) is 5.35. The minimum absolute atomic E-state index is 0.183. The third kappa shape index (κ3) is 2.74. The molecule has 0 aliphatic heterocycles. The number of nitrogens with one attached hydrogen (secondary N) is 1. The molecule has 0 aliphatic rings. The highest BCUT2D eigenvalue weighted by Gasteiger charge is 2.05. The van der Waals surface area contributed by atoms with E-state index in [-0.39, 0.29) is 5.82 Å². The van der Waals surface area contributed by atoms with E-state index in [1.54, 1.807) is 12.1 Å². The van der Waals surface area contributed by atoms with E-state index >= 15 is 0 Å². The van der Waals surface area contributed by atoms with Gasteiger partial charge in [0.2, 0.25) is 0 Å². The monoisotopic (exact) mass is 232 g/mol. The van der Waals surface area contributed by atoms with Crippen LogP contribution in [-0.4, -0.2) is 30.0 Å². The fraction of sp³-hybridized carbons (Fsp3) is 0.286. The van der Waals surface area contributed by atoms with Crippen molar-refractivity contribution < 1.29 is 4.39 Å². The normalized spacial score (nSPS) is 11.2. The SMILES string of the molecule is C=CCN(C)CCc1c[nH]c2ccc(F)cc12. The van der Waals surface area contributed by atoms with Crippen LogP contribution in [0.5, 0.6) is 0 Å². The number of aromatic amines is 1. The molecule has 3 heteroatoms. The number of hydrogen-bond acceptors (Lipinski definition) is 1. The van der Waals surface area contributed by atoms with Crippen LogP contribution in [0.1, 0.15) is 5.56 Å². The van der Waals surface area contributed by atoms with Crippen LogP contribution < -0.4 is 0 Å². The van der Waals surface area contributed by atoms with Crippen LogP contribution in [0.2, 0.25) is 0 Å². The molecule has 0 bridgehead atoms. The molecular formula is C14H17FN2. The summed E-state index contributed by atoms with van der Waals surface area (Å²) >= 11 is 0. The summed E-state index contributed by atoms with van der Waals surface area (Å²) in [7, 11) is 2.05. The van der Waals surface area contributed by atoms with Gasteiger partial charge >= 0.3 is 0 Å². The van der Waals surface area contributed by atoms with Gasteiger partial charge in [0.25, 0.3) is 0 Å². The molecule has 0 radical (unpaired) electrons. The summed E-state index contributed by atoms with van der Waals surface area (Å²) in [6.45, 7) is 5.52. The lowest BCUT2D eigenvalue weighted by Gasteiger charge is -2.13. The van der Waals surface area contributed by atoms with Crippen molar-refractivity contribution in [2.45, 2.75) is 6.42 Å². The van der Waals surface area contributed by atoms with Crippen LogP contribution >= 0.6 is 0 Å². The van der Waals surface area contributed by atoms with Crippen molar-refractivity contribution in [1.82, 2.24) is 9.88 Å². The summed E-state index contributed by atoms with van der Waals surface area (Å²) in [5.74, 6) is -0.183. The highest BCUT2D eigenvalue weighted by molar-refractivity contribution is 5.83. The number of H-pyrrole nitrogens is 1. The minimum Gasteiger partial charge on any atom is -0.361 e. The molecule has 0 fully saturated rings. The molecule has 1 aromatic carbocycles. The maximum Gasteiger partial charge on any atom is 0.123 e. The quantitative estimate of drug-likeness (QED) is 0.785. The van der Waals surface area contributed by atoms with Gasteiger partial charge in [0, 0.05) is 30.2 Å². The molecule has 1 N–H and O–H groups in total. The second kappa shape index (κ2) is 5.15. The number of aromatic nitrogens is 1. The van der Waals surface area contributed by atoms with Crippen LogP contribution in [0.15, 0.2) is 37.1 Å². The van der Waals surface area contributed by atoms with E-state index in [0.717, 1.165) is 36.0 Å². The van der Waals surface area contributed by atoms with Crippen LogP contribution in [0.4, 0.5) is 4.39 Å². The Kier molecular flexibility index (Phi) is 3.59. The van der Waals surface area contributed by atoms with Gasteiger partial charge < -0.3 is 9.88 Å². The largest absolute Gasteiger partial charge is 0.361 e. The van der Waals surface area contributed by atoms with Gasteiger partial charge in [-0.2, -0.15) is 0 Å². The third-order valence-corrected chi connectivity index (χ3v) is 2.93. The predicted octanol–water partition coefficient (Wildman–Crippen LogP) is 2.97. The summed E-state index contributed by atoms with van der Waals surface area (Å²) < 4.78 is 13.2. The molecule has 0 atom stereocenters. The molecule has 0 aliphatic carbocycles. The second-order valence-corrected chi connectivity index (χ2v) is 4.30. The molecule has 0 amide bonds. The zero-order valence-electron chi connectivity index (χ0n) is 10.0. The smallest absolute Gasteiger partial charge is 0.123 e. The number of fused-ring (bicyclic) bond motifs is 1. The van der Waals surface area contributed by atoms with Crippen LogP contribution in [0.25, 0.3) is 10.9 Å². The number of rotatable bonds is 5. The predicted molar refractivity (Wildman–Crippen MR) is 69.7 cm³/mol. The molecule has 0 saturated carbocycles. The van der Waals surface area contributed by atoms with Gasteiger partial charge in [0.15, 0.2) is 0 Å². The van der Waals surface area contributed by atoms with Gasteiger partial charge in [-0.3, -0.25) is 0 Å². The second-order valence-electron chi connectivity index (χ2n) is 4.30. The van der Waals surface area contributed by atoms with Crippen molar-refractivity contribution >= 4 is 10.9 Å². The maximum absolute atomic E-state index is 13.2. The summed E-state index contributed by atoms with van der Waals surface area (Å²) in [5.41, 5.74) is 2.16. The molecule has 90 valence electrons. The lowest BCUT2D eigenvalue weighted by atomic mass is 10.1. The van der Waals surface area contributed by atoms with E-state index in [4.69, 9.17) is 0 Å². The van der Waals surface area contributed by atoms with E-state index in [9.17, 15) is 4.39 Å². The molecule has 2 nitrogen and oxygen atoms in total. The van der Waals surface area contributed by atoms with Gasteiger partial charge in [0.05, 0.1) is 0 Å². The average Bonchev–Trinajstić information content (AvgIpc) is 2.69. The van der Waals surface area contributed by atoms with Crippen molar-refractivity contribution in [3.63, 3.8) is 0 Å². The van der Waals surface area contributed by atoms with E-state index < -0.39 is 0 Å². The number of nitrogens with zero attached hydrogens (tertiary/aromatic N) is 1. The van der Waals surface area contributed by atoms with Crippen LogP contribution in [0, 0.1) is 5.82 Å². The number of benzene rings is 1. The zero-order valence-corrected chi connectivity index (χ0v) is 10.0. The summed E-state index contributed by atoms with van der Waals surface area (Å²) in [6.07, 6.45) is 4.76. The van der Waals surface area contributed by atoms with Crippen molar-refractivity contribution in [2.75, 3.05) is 20.1 Å². The zero-order chi connectivity index (χ0) is 12.3. The van der Waals surface area contributed by atoms with Gasteiger partial charge in [-0.1, -0.05) is 6.08 Å². The third-order valence-electron chi connectivity index (χ3n) is 2.93. The molecule has 0 unspecified atom stereocenters. The number of likely N-dealkylation sites (N-methyl/N-ethyl adjacent to an activating group) is 1. The highest BCUT2D eigenvalue weighted by atomic mass is 19.1. The lowest BCUT2D eigenvalue weighted by molar-refractivity contribution is 0.376. The number of halogens is 1. The first kappa shape index (κ1) is 11.9. The van der Waals surface area contributed by atoms with Crippen molar-refractivity contribution in [2.24, 2.45) is 0 Å². The Morgan fingerprint density at radius 3 is 3.06 bits per heavy atom. The average molecular weight is 232 g/mol. The molecular weight excluding hydrogens is 215 g/mol. The Morgan fingerprint density at radius 1 is 1.47 bits per heavy atom. The van der Waals surface area contributed by atoms with Crippen LogP contribution in [0.3, 0.4) is 0 Å². The Morgan fingerprint density at radius 2 is 2.29 bits per heavy atom. The molecule has 17 heavy (non-hydrogen) atoms. The molecule has 1 heterocycles. The standard InChI is InChI=1S/C14H17FN2/c1-3-7-17(2)8-6-11-10-16-14-5-4-12(15)9-13(11)14/h3-5,9-10,16H,1,6-8H2,2H3. The minimum atomic E-state index is -0.183. The van der Waals surface area contributed by atoms with E-state index in [1.165, 1.54) is 6.07 Å². The number of hydrogen-bond donors (Lipinski definition) is 1. The van der Waals surface area contributed by atoms with Crippen molar-refractivity contribution in [3.8, 4) is 0 Å². The van der Waals surface area contributed by atoms with E-state index in [2.05, 4.69) is 23.5 Å². The first-order valence-electron chi connectivity index (χ1n) is 5.75. The Balaban J connectivity index is 2.13.